The molecule has 1 aliphatic heterocycles. The molecule has 0 radical (unpaired) electrons. The number of aromatic hydroxyl groups is 1. The molecule has 1 fully saturated rings. The molecule has 112 valence electrons. The first-order valence-electron chi connectivity index (χ1n) is 7.70. The van der Waals surface area contributed by atoms with Crippen LogP contribution in [-0.4, -0.2) is 27.6 Å². The van der Waals surface area contributed by atoms with Gasteiger partial charge in [0.1, 0.15) is 5.75 Å². The highest BCUT2D eigenvalue weighted by Gasteiger charge is 2.22. The van der Waals surface area contributed by atoms with Gasteiger partial charge in [0, 0.05) is 23.7 Å². The topological polar surface area (TPSA) is 36.4 Å². The summed E-state index contributed by atoms with van der Waals surface area (Å²) in [7, 11) is 0. The predicted molar refractivity (Wildman–Crippen MR) is 86.6 cm³/mol. The summed E-state index contributed by atoms with van der Waals surface area (Å²) >= 11 is 1.75. The van der Waals surface area contributed by atoms with Gasteiger partial charge in [0.25, 0.3) is 0 Å². The van der Waals surface area contributed by atoms with Crippen LogP contribution in [0.15, 0.2) is 36.0 Å². The first-order valence-corrected chi connectivity index (χ1v) is 8.58. The third kappa shape index (κ3) is 4.05. The molecule has 2 aromatic rings. The highest BCUT2D eigenvalue weighted by atomic mass is 32.1. The summed E-state index contributed by atoms with van der Waals surface area (Å²) in [5.41, 5.74) is 3.15. The number of phenolic OH excluding ortho intramolecular Hbond substituents is 1. The summed E-state index contributed by atoms with van der Waals surface area (Å²) < 4.78 is 0. The van der Waals surface area contributed by atoms with Crippen molar-refractivity contribution < 1.29 is 5.11 Å². The van der Waals surface area contributed by atoms with E-state index in [4.69, 9.17) is 0 Å². The summed E-state index contributed by atoms with van der Waals surface area (Å²) in [5, 5.41) is 9.56. The average Bonchev–Trinajstić information content (AvgIpc) is 2.99. The number of likely N-dealkylation sites (tertiary alicyclic amines) is 1. The number of phenols is 1. The van der Waals surface area contributed by atoms with Gasteiger partial charge < -0.3 is 5.11 Å². The Morgan fingerprint density at radius 2 is 2.29 bits per heavy atom. The number of hydrogen-bond acceptors (Lipinski definition) is 4. The highest BCUT2D eigenvalue weighted by Crippen LogP contribution is 2.24. The Hall–Kier alpha value is -1.39. The minimum absolute atomic E-state index is 0.373. The van der Waals surface area contributed by atoms with Gasteiger partial charge in [0.05, 0.1) is 5.51 Å². The van der Waals surface area contributed by atoms with Gasteiger partial charge in [-0.3, -0.25) is 9.88 Å². The van der Waals surface area contributed by atoms with Crippen LogP contribution >= 0.6 is 11.3 Å². The molecule has 1 saturated heterocycles. The van der Waals surface area contributed by atoms with Crippen LogP contribution in [0, 0.1) is 0 Å². The standard InChI is InChI=1S/C17H22N2OS/c20-16-6-3-4-14(10-16)7-8-15-5-1-2-9-19(15)12-17-11-18-13-21-17/h3-4,6,10-11,13,15,20H,1-2,5,7-9,12H2. The van der Waals surface area contributed by atoms with E-state index in [1.807, 2.05) is 23.8 Å². The van der Waals surface area contributed by atoms with E-state index in [1.165, 1.54) is 42.7 Å². The van der Waals surface area contributed by atoms with Crippen LogP contribution in [0.3, 0.4) is 0 Å². The van der Waals surface area contributed by atoms with Crippen molar-refractivity contribution in [2.75, 3.05) is 6.54 Å². The van der Waals surface area contributed by atoms with E-state index in [0.717, 1.165) is 13.0 Å². The molecule has 1 aliphatic rings. The number of aromatic nitrogens is 1. The van der Waals surface area contributed by atoms with E-state index in [0.29, 0.717) is 11.8 Å². The van der Waals surface area contributed by atoms with Crippen molar-refractivity contribution in [2.24, 2.45) is 0 Å². The summed E-state index contributed by atoms with van der Waals surface area (Å²) in [6.45, 7) is 2.23. The number of rotatable bonds is 5. The van der Waals surface area contributed by atoms with E-state index in [9.17, 15) is 5.11 Å². The minimum Gasteiger partial charge on any atom is -0.508 e. The Morgan fingerprint density at radius 1 is 1.33 bits per heavy atom. The maximum absolute atomic E-state index is 9.56. The maximum Gasteiger partial charge on any atom is 0.115 e. The van der Waals surface area contributed by atoms with Crippen molar-refractivity contribution in [1.82, 2.24) is 9.88 Å². The summed E-state index contributed by atoms with van der Waals surface area (Å²) in [6.07, 6.45) is 8.13. The second-order valence-corrected chi connectivity index (χ2v) is 6.77. The van der Waals surface area contributed by atoms with E-state index < -0.39 is 0 Å². The first kappa shape index (κ1) is 14.5. The van der Waals surface area contributed by atoms with Crippen LogP contribution in [0.5, 0.6) is 5.75 Å². The Balaban J connectivity index is 1.59. The van der Waals surface area contributed by atoms with Crippen molar-refractivity contribution in [3.05, 3.63) is 46.4 Å². The number of nitrogens with zero attached hydrogens (tertiary/aromatic N) is 2. The Morgan fingerprint density at radius 3 is 3.10 bits per heavy atom. The zero-order chi connectivity index (χ0) is 14.5. The van der Waals surface area contributed by atoms with Gasteiger partial charge in [0.2, 0.25) is 0 Å². The summed E-state index contributed by atoms with van der Waals surface area (Å²) in [6, 6.07) is 8.32. The molecule has 1 aromatic carbocycles. The second-order valence-electron chi connectivity index (χ2n) is 5.80. The Labute approximate surface area is 130 Å². The lowest BCUT2D eigenvalue weighted by Gasteiger charge is -2.35. The zero-order valence-electron chi connectivity index (χ0n) is 12.2. The molecule has 0 aliphatic carbocycles. The molecule has 21 heavy (non-hydrogen) atoms. The Kier molecular flexibility index (Phi) is 4.88. The molecule has 0 amide bonds. The van der Waals surface area contributed by atoms with Crippen molar-refractivity contribution in [3.63, 3.8) is 0 Å². The van der Waals surface area contributed by atoms with Crippen molar-refractivity contribution in [3.8, 4) is 5.75 Å². The van der Waals surface area contributed by atoms with Crippen molar-refractivity contribution in [1.29, 1.82) is 0 Å². The van der Waals surface area contributed by atoms with E-state index in [-0.39, 0.29) is 0 Å². The lowest BCUT2D eigenvalue weighted by atomic mass is 9.95. The first-order chi connectivity index (χ1) is 10.3. The number of hydrogen-bond donors (Lipinski definition) is 1. The van der Waals surface area contributed by atoms with Crippen LogP contribution in [0.2, 0.25) is 0 Å². The van der Waals surface area contributed by atoms with E-state index in [2.05, 4.69) is 16.0 Å². The molecular formula is C17H22N2OS. The molecular weight excluding hydrogens is 280 g/mol. The number of aryl methyl sites for hydroxylation is 1. The van der Waals surface area contributed by atoms with Crippen molar-refractivity contribution >= 4 is 11.3 Å². The van der Waals surface area contributed by atoms with Crippen LogP contribution in [0.1, 0.15) is 36.1 Å². The predicted octanol–water partition coefficient (Wildman–Crippen LogP) is 3.84. The van der Waals surface area contributed by atoms with Gasteiger partial charge in [-0.25, -0.2) is 0 Å². The molecule has 1 atom stereocenters. The third-order valence-electron chi connectivity index (χ3n) is 4.27. The molecule has 0 spiro atoms. The lowest BCUT2D eigenvalue weighted by molar-refractivity contribution is 0.133. The molecule has 1 aromatic heterocycles. The molecule has 0 saturated carbocycles. The Bertz CT molecular complexity index is 556. The average molecular weight is 302 g/mol. The highest BCUT2D eigenvalue weighted by molar-refractivity contribution is 7.09. The monoisotopic (exact) mass is 302 g/mol. The molecule has 3 rings (SSSR count). The van der Waals surface area contributed by atoms with Crippen molar-refractivity contribution in [2.45, 2.75) is 44.7 Å². The van der Waals surface area contributed by atoms with Gasteiger partial charge >= 0.3 is 0 Å². The fraction of sp³-hybridized carbons (Fsp3) is 0.471. The van der Waals surface area contributed by atoms with Gasteiger partial charge in [-0.15, -0.1) is 11.3 Å². The molecule has 0 bridgehead atoms. The second kappa shape index (κ2) is 7.05. The molecule has 4 heteroatoms. The fourth-order valence-corrected chi connectivity index (χ4v) is 3.78. The van der Waals surface area contributed by atoms with Gasteiger partial charge in [-0.1, -0.05) is 18.6 Å². The smallest absolute Gasteiger partial charge is 0.115 e. The van der Waals surface area contributed by atoms with E-state index in [1.54, 1.807) is 17.4 Å². The van der Waals surface area contributed by atoms with Crippen LogP contribution in [0.4, 0.5) is 0 Å². The largest absolute Gasteiger partial charge is 0.508 e. The minimum atomic E-state index is 0.373. The number of thiazole rings is 1. The number of piperidine rings is 1. The quantitative estimate of drug-likeness (QED) is 0.911. The third-order valence-corrected chi connectivity index (χ3v) is 5.03. The molecule has 3 nitrogen and oxygen atoms in total. The normalized spacial score (nSPS) is 19.7. The zero-order valence-corrected chi connectivity index (χ0v) is 13.1. The fourth-order valence-electron chi connectivity index (χ4n) is 3.16. The molecule has 2 heterocycles. The van der Waals surface area contributed by atoms with Crippen LogP contribution < -0.4 is 0 Å². The van der Waals surface area contributed by atoms with E-state index >= 15 is 0 Å². The van der Waals surface area contributed by atoms with Crippen LogP contribution in [-0.2, 0) is 13.0 Å². The lowest BCUT2D eigenvalue weighted by Crippen LogP contribution is -2.39. The SMILES string of the molecule is Oc1cccc(CCC2CCCCN2Cc2cncs2)c1. The van der Waals surface area contributed by atoms with Gasteiger partial charge in [-0.2, -0.15) is 0 Å². The van der Waals surface area contributed by atoms with Gasteiger partial charge in [0.15, 0.2) is 0 Å². The maximum atomic E-state index is 9.56. The summed E-state index contributed by atoms with van der Waals surface area (Å²) in [4.78, 5) is 8.15. The van der Waals surface area contributed by atoms with Crippen LogP contribution in [0.25, 0.3) is 0 Å². The molecule has 1 N–H and O–H groups in total. The number of benzene rings is 1. The van der Waals surface area contributed by atoms with Gasteiger partial charge in [-0.05, 0) is 49.9 Å². The molecule has 1 unspecified atom stereocenters. The summed E-state index contributed by atoms with van der Waals surface area (Å²) in [5.74, 6) is 0.373.